The third-order valence-corrected chi connectivity index (χ3v) is 3.12. The Morgan fingerprint density at radius 1 is 1.64 bits per heavy atom. The van der Waals surface area contributed by atoms with Crippen molar-refractivity contribution in [3.05, 3.63) is 18.2 Å². The number of hydrogen-bond donors (Lipinski definition) is 1. The van der Waals surface area contributed by atoms with Crippen molar-refractivity contribution in [1.82, 2.24) is 9.55 Å². The summed E-state index contributed by atoms with van der Waals surface area (Å²) in [6.07, 6.45) is 6.75. The Balaban J connectivity index is 2.17. The molecule has 78 valence electrons. The van der Waals surface area contributed by atoms with E-state index in [-0.39, 0.29) is 6.10 Å². The first-order valence-corrected chi connectivity index (χ1v) is 5.43. The normalized spacial score (nSPS) is 20.8. The minimum atomic E-state index is -0.358. The van der Waals surface area contributed by atoms with E-state index in [1.54, 1.807) is 6.20 Å². The van der Waals surface area contributed by atoms with Gasteiger partial charge in [-0.3, -0.25) is 0 Å². The van der Waals surface area contributed by atoms with Gasteiger partial charge in [0.2, 0.25) is 0 Å². The van der Waals surface area contributed by atoms with Crippen LogP contribution in [0.5, 0.6) is 0 Å². The standard InChI is InChI=1S/C11H18N2O/c1-3-8(2)11(14)10-6-12-7-13(10)9-4-5-9/h6-9,11,14H,3-5H2,1-2H3. The Morgan fingerprint density at radius 2 is 2.36 bits per heavy atom. The second-order valence-corrected chi connectivity index (χ2v) is 4.29. The summed E-state index contributed by atoms with van der Waals surface area (Å²) >= 11 is 0. The van der Waals surface area contributed by atoms with E-state index in [1.807, 2.05) is 6.33 Å². The van der Waals surface area contributed by atoms with E-state index in [9.17, 15) is 5.11 Å². The average Bonchev–Trinajstić information content (AvgIpc) is 2.94. The Kier molecular flexibility index (Phi) is 2.59. The molecule has 3 nitrogen and oxygen atoms in total. The van der Waals surface area contributed by atoms with E-state index in [2.05, 4.69) is 23.4 Å². The van der Waals surface area contributed by atoms with Crippen molar-refractivity contribution in [3.63, 3.8) is 0 Å². The van der Waals surface area contributed by atoms with E-state index >= 15 is 0 Å². The molecule has 1 aliphatic carbocycles. The van der Waals surface area contributed by atoms with Gasteiger partial charge in [-0.2, -0.15) is 0 Å². The molecule has 1 saturated carbocycles. The van der Waals surface area contributed by atoms with Gasteiger partial charge in [-0.25, -0.2) is 4.98 Å². The monoisotopic (exact) mass is 194 g/mol. The molecule has 2 rings (SSSR count). The first kappa shape index (κ1) is 9.71. The topological polar surface area (TPSA) is 38.1 Å². The lowest BCUT2D eigenvalue weighted by Gasteiger charge is -2.18. The summed E-state index contributed by atoms with van der Waals surface area (Å²) in [6.45, 7) is 4.18. The van der Waals surface area contributed by atoms with E-state index in [0.717, 1.165) is 12.1 Å². The summed E-state index contributed by atoms with van der Waals surface area (Å²) in [6, 6.07) is 0.603. The minimum absolute atomic E-state index is 0.309. The van der Waals surface area contributed by atoms with Gasteiger partial charge < -0.3 is 9.67 Å². The molecule has 0 aliphatic heterocycles. The van der Waals surface area contributed by atoms with Gasteiger partial charge in [0.1, 0.15) is 0 Å². The van der Waals surface area contributed by atoms with E-state index < -0.39 is 0 Å². The maximum Gasteiger partial charge on any atom is 0.0981 e. The number of aliphatic hydroxyl groups is 1. The van der Waals surface area contributed by atoms with Crippen LogP contribution in [0.4, 0.5) is 0 Å². The SMILES string of the molecule is CCC(C)C(O)c1cncn1C1CC1. The second-order valence-electron chi connectivity index (χ2n) is 4.29. The molecule has 0 bridgehead atoms. The Hall–Kier alpha value is -0.830. The van der Waals surface area contributed by atoms with Crippen molar-refractivity contribution >= 4 is 0 Å². The zero-order valence-corrected chi connectivity index (χ0v) is 8.85. The van der Waals surface area contributed by atoms with Crippen molar-refractivity contribution in [2.24, 2.45) is 5.92 Å². The molecule has 14 heavy (non-hydrogen) atoms. The molecule has 0 spiro atoms. The van der Waals surface area contributed by atoms with E-state index in [4.69, 9.17) is 0 Å². The van der Waals surface area contributed by atoms with Crippen molar-refractivity contribution in [2.75, 3.05) is 0 Å². The maximum absolute atomic E-state index is 10.1. The summed E-state index contributed by atoms with van der Waals surface area (Å²) < 4.78 is 2.14. The van der Waals surface area contributed by atoms with Crippen molar-refractivity contribution in [3.8, 4) is 0 Å². The fourth-order valence-electron chi connectivity index (χ4n) is 1.72. The van der Waals surface area contributed by atoms with Gasteiger partial charge in [-0.1, -0.05) is 20.3 Å². The number of aromatic nitrogens is 2. The van der Waals surface area contributed by atoms with E-state index in [1.165, 1.54) is 12.8 Å². The lowest BCUT2D eigenvalue weighted by Crippen LogP contribution is -2.12. The number of hydrogen-bond acceptors (Lipinski definition) is 2. The molecular formula is C11H18N2O. The quantitative estimate of drug-likeness (QED) is 0.798. The van der Waals surface area contributed by atoms with Gasteiger partial charge in [0.05, 0.1) is 24.3 Å². The Bertz CT molecular complexity index is 304. The molecule has 0 saturated heterocycles. The van der Waals surface area contributed by atoms with E-state index in [0.29, 0.717) is 12.0 Å². The van der Waals surface area contributed by atoms with Crippen LogP contribution in [0.1, 0.15) is 50.9 Å². The van der Waals surface area contributed by atoms with Crippen LogP contribution in [-0.4, -0.2) is 14.7 Å². The average molecular weight is 194 g/mol. The van der Waals surface area contributed by atoms with Crippen LogP contribution >= 0.6 is 0 Å². The van der Waals surface area contributed by atoms with Crippen LogP contribution in [0.25, 0.3) is 0 Å². The fraction of sp³-hybridized carbons (Fsp3) is 0.727. The first-order chi connectivity index (χ1) is 6.74. The van der Waals surface area contributed by atoms with Crippen LogP contribution in [0, 0.1) is 5.92 Å². The summed E-state index contributed by atoms with van der Waals surface area (Å²) in [5, 5.41) is 10.1. The number of imidazole rings is 1. The minimum Gasteiger partial charge on any atom is -0.387 e. The highest BCUT2D eigenvalue weighted by molar-refractivity contribution is 5.07. The largest absolute Gasteiger partial charge is 0.387 e. The zero-order chi connectivity index (χ0) is 10.1. The van der Waals surface area contributed by atoms with Gasteiger partial charge in [0.15, 0.2) is 0 Å². The predicted octanol–water partition coefficient (Wildman–Crippen LogP) is 2.30. The molecule has 1 fully saturated rings. The van der Waals surface area contributed by atoms with Crippen LogP contribution < -0.4 is 0 Å². The molecule has 0 radical (unpaired) electrons. The van der Waals surface area contributed by atoms with Crippen molar-refractivity contribution in [2.45, 2.75) is 45.3 Å². The summed E-state index contributed by atoms with van der Waals surface area (Å²) in [7, 11) is 0. The van der Waals surface area contributed by atoms with Crippen LogP contribution in [0.2, 0.25) is 0 Å². The number of rotatable bonds is 4. The van der Waals surface area contributed by atoms with Crippen LogP contribution in [0.3, 0.4) is 0 Å². The van der Waals surface area contributed by atoms with Gasteiger partial charge in [-0.15, -0.1) is 0 Å². The highest BCUT2D eigenvalue weighted by atomic mass is 16.3. The maximum atomic E-state index is 10.1. The molecule has 1 aliphatic rings. The third-order valence-electron chi connectivity index (χ3n) is 3.12. The Morgan fingerprint density at radius 3 is 2.93 bits per heavy atom. The zero-order valence-electron chi connectivity index (χ0n) is 8.85. The highest BCUT2D eigenvalue weighted by Crippen LogP contribution is 2.38. The molecule has 3 heteroatoms. The molecule has 0 amide bonds. The molecule has 1 aromatic heterocycles. The van der Waals surface area contributed by atoms with Gasteiger partial charge in [-0.05, 0) is 18.8 Å². The van der Waals surface area contributed by atoms with Crippen LogP contribution in [-0.2, 0) is 0 Å². The summed E-state index contributed by atoms with van der Waals surface area (Å²) in [5.74, 6) is 0.309. The molecule has 1 aromatic rings. The highest BCUT2D eigenvalue weighted by Gasteiger charge is 2.28. The van der Waals surface area contributed by atoms with Crippen molar-refractivity contribution < 1.29 is 5.11 Å². The smallest absolute Gasteiger partial charge is 0.0981 e. The van der Waals surface area contributed by atoms with Gasteiger partial charge in [0.25, 0.3) is 0 Å². The van der Waals surface area contributed by atoms with Crippen LogP contribution in [0.15, 0.2) is 12.5 Å². The lowest BCUT2D eigenvalue weighted by molar-refractivity contribution is 0.107. The summed E-state index contributed by atoms with van der Waals surface area (Å²) in [4.78, 5) is 4.12. The molecule has 2 unspecified atom stereocenters. The predicted molar refractivity (Wildman–Crippen MR) is 54.9 cm³/mol. The Labute approximate surface area is 84.8 Å². The molecule has 0 aromatic carbocycles. The lowest BCUT2D eigenvalue weighted by atomic mass is 10.00. The van der Waals surface area contributed by atoms with Gasteiger partial charge >= 0.3 is 0 Å². The third kappa shape index (κ3) is 1.69. The number of aliphatic hydroxyl groups excluding tert-OH is 1. The molecule has 1 N–H and O–H groups in total. The fourth-order valence-corrected chi connectivity index (χ4v) is 1.72. The molecule has 2 atom stereocenters. The second kappa shape index (κ2) is 3.73. The molecule has 1 heterocycles. The molecular weight excluding hydrogens is 176 g/mol. The van der Waals surface area contributed by atoms with Crippen molar-refractivity contribution in [1.29, 1.82) is 0 Å². The van der Waals surface area contributed by atoms with Gasteiger partial charge in [0, 0.05) is 6.04 Å². The first-order valence-electron chi connectivity index (χ1n) is 5.43. The summed E-state index contributed by atoms with van der Waals surface area (Å²) in [5.41, 5.74) is 0.988. The number of nitrogens with zero attached hydrogens (tertiary/aromatic N) is 2.